The Morgan fingerprint density at radius 3 is 1.85 bits per heavy atom. The minimum atomic E-state index is -6.59. The number of likely N-dealkylation sites (N-methyl/N-ethyl adjacent to an activating group) is 1. The lowest BCUT2D eigenvalue weighted by Crippen LogP contribution is -2.53. The summed E-state index contributed by atoms with van der Waals surface area (Å²) in [5.41, 5.74) is 6.47. The Kier molecular flexibility index (Phi) is 16.7. The van der Waals surface area contributed by atoms with Crippen LogP contribution in [-0.4, -0.2) is 59.8 Å². The molecule has 13 nitrogen and oxygen atoms in total. The summed E-state index contributed by atoms with van der Waals surface area (Å²) >= 11 is 0. The van der Waals surface area contributed by atoms with E-state index >= 15 is 8.78 Å². The fourth-order valence-corrected chi connectivity index (χ4v) is 13.7. The molecule has 0 unspecified atom stereocenters. The Bertz CT molecular complexity index is 3320. The van der Waals surface area contributed by atoms with Crippen molar-refractivity contribution in [3.63, 3.8) is 0 Å². The van der Waals surface area contributed by atoms with E-state index in [4.69, 9.17) is 14.1 Å². The number of esters is 1. The number of nitrogens with one attached hydrogen (secondary N) is 2. The molecule has 0 amide bonds. The van der Waals surface area contributed by atoms with Crippen molar-refractivity contribution in [2.75, 3.05) is 25.0 Å². The molecule has 0 saturated carbocycles. The molecule has 0 saturated heterocycles. The van der Waals surface area contributed by atoms with Crippen LogP contribution in [0.25, 0.3) is 33.4 Å². The molecule has 1 aliphatic heterocycles. The molecule has 4 aromatic carbocycles. The largest absolute Gasteiger partial charge is 0.474 e. The number of hydrogen-bond acceptors (Lipinski definition) is 11. The van der Waals surface area contributed by atoms with Gasteiger partial charge in [-0.05, 0) is 96.5 Å². The minimum Gasteiger partial charge on any atom is -0.464 e. The lowest BCUT2D eigenvalue weighted by Gasteiger charge is -2.27. The van der Waals surface area contributed by atoms with Crippen molar-refractivity contribution in [1.29, 1.82) is 0 Å². The van der Waals surface area contributed by atoms with Crippen molar-refractivity contribution in [3.05, 3.63) is 125 Å². The SMILES string of the molecule is CCN(CCOC(=O)C(C)(C)CC)S(=O)(=O)C(F)(F)S(=O)(=O)NS(=O)(=O)c1ccccc1-c1c2cc/c(=N\c3c(C(C)C)cccc3C(C)C)cc-2oc2cc(Nc3c(C(C)C)cccc3C(C)C)ccc12. The van der Waals surface area contributed by atoms with Gasteiger partial charge >= 0.3 is 20.6 Å². The summed E-state index contributed by atoms with van der Waals surface area (Å²) in [6.07, 6.45) is 0.364. The summed E-state index contributed by atoms with van der Waals surface area (Å²) < 4.78 is 122. The molecule has 6 rings (SSSR count). The normalized spacial score (nSPS) is 13.4. The van der Waals surface area contributed by atoms with E-state index in [-0.39, 0.29) is 50.4 Å². The summed E-state index contributed by atoms with van der Waals surface area (Å²) in [4.78, 5) is 16.9. The standard InChI is InChI=1S/C54H66F2N4O9S3/c1-13-53(11,12)52(61)68-30-29-60(14-2)72(66,67)54(55,56)71(64,65)59-70(62,63)48-24-16-15-19-45(48)49-43-27-25-37(57-50-39(33(3)4)20-17-21-40(50)34(5)6)31-46(43)69-47-32-38(26-28-44(47)49)58-51-41(35(7)8)22-18-23-42(51)36(9)10/h15-28,31-36,57,59H,13-14,29-30H2,1-12H3/b58-38+. The van der Waals surface area contributed by atoms with Gasteiger partial charge in [0.1, 0.15) is 18.0 Å². The number of para-hydroxylation sites is 2. The number of nitrogens with zero attached hydrogens (tertiary/aromatic N) is 2. The number of halogens is 2. The fraction of sp³-hybridized carbons (Fsp3) is 0.407. The molecule has 1 aliphatic carbocycles. The molecule has 1 heterocycles. The van der Waals surface area contributed by atoms with Crippen LogP contribution in [0, 0.1) is 5.41 Å². The number of rotatable bonds is 20. The van der Waals surface area contributed by atoms with Crippen LogP contribution in [0.3, 0.4) is 0 Å². The summed E-state index contributed by atoms with van der Waals surface area (Å²) in [6.45, 7) is 20.7. The second kappa shape index (κ2) is 21.5. The van der Waals surface area contributed by atoms with Gasteiger partial charge in [0.15, 0.2) is 0 Å². The average Bonchev–Trinajstić information content (AvgIpc) is 3.31. The van der Waals surface area contributed by atoms with Gasteiger partial charge in [-0.2, -0.15) is 13.1 Å². The topological polar surface area (TPSA) is 182 Å². The van der Waals surface area contributed by atoms with Crippen molar-refractivity contribution in [2.45, 2.75) is 123 Å². The zero-order valence-corrected chi connectivity index (χ0v) is 45.4. The predicted octanol–water partition coefficient (Wildman–Crippen LogP) is 12.5. The number of ether oxygens (including phenoxy) is 1. The van der Waals surface area contributed by atoms with Crippen LogP contribution in [0.4, 0.5) is 25.8 Å². The molecule has 4 aromatic rings. The third-order valence-electron chi connectivity index (χ3n) is 12.9. The monoisotopic (exact) mass is 1050 g/mol. The van der Waals surface area contributed by atoms with Gasteiger partial charge in [0.2, 0.25) is 0 Å². The third-order valence-corrected chi connectivity index (χ3v) is 19.2. The Balaban J connectivity index is 1.53. The lowest BCUT2D eigenvalue weighted by molar-refractivity contribution is -0.154. The number of fused-ring (bicyclic) bond motifs is 2. The van der Waals surface area contributed by atoms with Crippen molar-refractivity contribution in [1.82, 2.24) is 8.43 Å². The molecular weight excluding hydrogens is 983 g/mol. The number of carbonyl (C=O) groups is 1. The highest BCUT2D eigenvalue weighted by Crippen LogP contribution is 2.45. The predicted molar refractivity (Wildman–Crippen MR) is 281 cm³/mol. The molecule has 18 heteroatoms. The Morgan fingerprint density at radius 2 is 1.29 bits per heavy atom. The van der Waals surface area contributed by atoms with Crippen LogP contribution in [0.2, 0.25) is 0 Å². The number of carbonyl (C=O) groups excluding carboxylic acids is 1. The van der Waals surface area contributed by atoms with Crippen molar-refractivity contribution >= 4 is 64.1 Å². The van der Waals surface area contributed by atoms with Crippen LogP contribution >= 0.6 is 0 Å². The highest BCUT2D eigenvalue weighted by molar-refractivity contribution is 8.13. The molecule has 0 radical (unpaired) electrons. The van der Waals surface area contributed by atoms with Gasteiger partial charge in [-0.1, -0.05) is 128 Å². The first kappa shape index (κ1) is 55.8. The van der Waals surface area contributed by atoms with Crippen molar-refractivity contribution in [3.8, 4) is 22.5 Å². The van der Waals surface area contributed by atoms with Crippen molar-refractivity contribution in [2.24, 2.45) is 10.4 Å². The van der Waals surface area contributed by atoms with E-state index < -0.39 is 70.6 Å². The number of hydrogen-bond donors (Lipinski definition) is 2. The van der Waals surface area contributed by atoms with Gasteiger partial charge in [-0.25, -0.2) is 30.2 Å². The molecule has 0 bridgehead atoms. The quantitative estimate of drug-likeness (QED) is 0.0551. The number of benzene rings is 5. The van der Waals surface area contributed by atoms with Gasteiger partial charge in [-0.15, -0.1) is 0 Å². The molecule has 2 N–H and O–H groups in total. The van der Waals surface area contributed by atoms with Gasteiger partial charge in [0.05, 0.1) is 21.4 Å². The minimum absolute atomic E-state index is 0.103. The maximum atomic E-state index is 16.1. The van der Waals surface area contributed by atoms with E-state index in [0.29, 0.717) is 28.4 Å². The number of sulfonamides is 3. The third kappa shape index (κ3) is 11.2. The van der Waals surface area contributed by atoms with Crippen LogP contribution in [0.1, 0.15) is 135 Å². The Morgan fingerprint density at radius 1 is 0.722 bits per heavy atom. The molecular formula is C54H66F2N4O9S3. The molecule has 0 atom stereocenters. The summed E-state index contributed by atoms with van der Waals surface area (Å²) in [5, 5.41) is 4.51. The molecule has 2 aliphatic rings. The van der Waals surface area contributed by atoms with Crippen LogP contribution in [-0.2, 0) is 39.6 Å². The first-order valence-corrected chi connectivity index (χ1v) is 28.5. The van der Waals surface area contributed by atoms with Crippen LogP contribution < -0.4 is 14.8 Å². The number of anilines is 2. The van der Waals surface area contributed by atoms with Crippen molar-refractivity contribution < 1.29 is 48.0 Å². The highest BCUT2D eigenvalue weighted by Gasteiger charge is 2.61. The molecule has 0 fully saturated rings. The maximum absolute atomic E-state index is 16.1. The molecule has 0 aromatic heterocycles. The van der Waals surface area contributed by atoms with E-state index in [2.05, 4.69) is 72.8 Å². The summed E-state index contributed by atoms with van der Waals surface area (Å²) in [7, 11) is -18.3. The highest BCUT2D eigenvalue weighted by atomic mass is 32.3. The van der Waals surface area contributed by atoms with Gasteiger partial charge in [0, 0.05) is 58.7 Å². The Labute approximate surface area is 423 Å². The molecule has 72 heavy (non-hydrogen) atoms. The summed E-state index contributed by atoms with van der Waals surface area (Å²) in [6, 6.07) is 27.9. The molecule has 0 spiro atoms. The average molecular weight is 1050 g/mol. The van der Waals surface area contributed by atoms with Gasteiger partial charge in [0.25, 0.3) is 20.0 Å². The van der Waals surface area contributed by atoms with E-state index in [9.17, 15) is 30.0 Å². The van der Waals surface area contributed by atoms with E-state index in [1.54, 1.807) is 57.2 Å². The molecule has 388 valence electrons. The fourth-order valence-electron chi connectivity index (χ4n) is 8.39. The maximum Gasteiger partial charge on any atom is 0.474 e. The van der Waals surface area contributed by atoms with E-state index in [1.807, 2.05) is 24.3 Å². The first-order chi connectivity index (χ1) is 33.6. The lowest BCUT2D eigenvalue weighted by atomic mass is 9.91. The zero-order valence-electron chi connectivity index (χ0n) is 42.9. The van der Waals surface area contributed by atoms with E-state index in [1.165, 1.54) is 25.1 Å². The first-order valence-electron chi connectivity index (χ1n) is 24.1. The Hall–Kier alpha value is -5.53. The second-order valence-electron chi connectivity index (χ2n) is 19.7. The van der Waals surface area contributed by atoms with Gasteiger partial charge < -0.3 is 14.5 Å². The smallest absolute Gasteiger partial charge is 0.464 e. The zero-order chi connectivity index (χ0) is 53.3. The number of alkyl halides is 2. The van der Waals surface area contributed by atoms with Crippen LogP contribution in [0.15, 0.2) is 111 Å². The van der Waals surface area contributed by atoms with E-state index in [0.717, 1.165) is 43.8 Å². The van der Waals surface area contributed by atoms with Crippen LogP contribution in [0.5, 0.6) is 0 Å². The van der Waals surface area contributed by atoms with Gasteiger partial charge in [-0.3, -0.25) is 4.79 Å². The summed E-state index contributed by atoms with van der Waals surface area (Å²) in [5.74, 6) is 0.169. The second-order valence-corrected chi connectivity index (χ2v) is 25.6.